The maximum absolute atomic E-state index is 8.96. The quantitative estimate of drug-likeness (QED) is 0.671. The molecule has 18 heavy (non-hydrogen) atoms. The summed E-state index contributed by atoms with van der Waals surface area (Å²) in [6.07, 6.45) is 11.1. The van der Waals surface area contributed by atoms with Gasteiger partial charge in [-0.05, 0) is 37.5 Å². The molecule has 0 amide bonds. The average molecular weight is 264 g/mol. The van der Waals surface area contributed by atoms with Gasteiger partial charge in [0.05, 0.1) is 6.07 Å². The van der Waals surface area contributed by atoms with Crippen LogP contribution in [0.25, 0.3) is 0 Å². The minimum absolute atomic E-state index is 0.307. The Bertz CT molecular complexity index is 267. The van der Waals surface area contributed by atoms with E-state index in [4.69, 9.17) is 5.26 Å². The second-order valence-corrected chi connectivity index (χ2v) is 10.1. The molecule has 1 nitrogen and oxygen atoms in total. The first-order valence-corrected chi connectivity index (χ1v) is 10.7. The fourth-order valence-electron chi connectivity index (χ4n) is 4.16. The van der Waals surface area contributed by atoms with Crippen LogP contribution in [0.2, 0.25) is 18.1 Å². The van der Waals surface area contributed by atoms with Gasteiger partial charge in [0, 0.05) is 14.7 Å². The van der Waals surface area contributed by atoms with Crippen LogP contribution in [-0.2, 0) is 0 Å². The molecule has 0 spiro atoms. The van der Waals surface area contributed by atoms with Gasteiger partial charge in [0.2, 0.25) is 0 Å². The van der Waals surface area contributed by atoms with Crippen LogP contribution in [0.5, 0.6) is 0 Å². The topological polar surface area (TPSA) is 23.8 Å². The summed E-state index contributed by atoms with van der Waals surface area (Å²) in [5, 5.41) is 8.96. The van der Waals surface area contributed by atoms with E-state index in [0.29, 0.717) is 5.92 Å². The molecule has 0 atom stereocenters. The highest BCUT2D eigenvalue weighted by atomic mass is 28.3. The predicted molar refractivity (Wildman–Crippen MR) is 80.3 cm³/mol. The van der Waals surface area contributed by atoms with Gasteiger partial charge in [-0.15, -0.1) is 0 Å². The lowest BCUT2D eigenvalue weighted by Crippen LogP contribution is -2.28. The number of hydrogen-bond donors (Lipinski definition) is 0. The smallest absolute Gasteiger partial charge is 0.0655 e. The standard InChI is InChI=1S/C16H29NSi/c1-2-3-10-18-11-8-16(9-12-18)15-6-4-14(13-17)5-7-15/h14-16,18H,2-12H2,1H3. The highest BCUT2D eigenvalue weighted by molar-refractivity contribution is 6.58. The van der Waals surface area contributed by atoms with Crippen molar-refractivity contribution in [2.75, 3.05) is 0 Å². The minimum Gasteiger partial charge on any atom is -0.198 e. The Morgan fingerprint density at radius 1 is 1.00 bits per heavy atom. The van der Waals surface area contributed by atoms with Gasteiger partial charge in [-0.25, -0.2) is 0 Å². The Hall–Kier alpha value is -0.293. The van der Waals surface area contributed by atoms with Crippen LogP contribution >= 0.6 is 0 Å². The number of rotatable bonds is 4. The van der Waals surface area contributed by atoms with Crippen molar-refractivity contribution in [3.8, 4) is 6.07 Å². The van der Waals surface area contributed by atoms with Gasteiger partial charge in [0.15, 0.2) is 0 Å². The molecule has 1 saturated carbocycles. The summed E-state index contributed by atoms with van der Waals surface area (Å²) in [7, 11) is -0.307. The van der Waals surface area contributed by atoms with Crippen LogP contribution in [0, 0.1) is 29.1 Å². The molecular weight excluding hydrogens is 234 g/mol. The first-order valence-electron chi connectivity index (χ1n) is 8.23. The monoisotopic (exact) mass is 263 g/mol. The molecule has 1 aliphatic carbocycles. The van der Waals surface area contributed by atoms with Crippen LogP contribution in [0.15, 0.2) is 0 Å². The summed E-state index contributed by atoms with van der Waals surface area (Å²) >= 11 is 0. The van der Waals surface area contributed by atoms with E-state index in [2.05, 4.69) is 13.0 Å². The Morgan fingerprint density at radius 3 is 2.17 bits per heavy atom. The summed E-state index contributed by atoms with van der Waals surface area (Å²) in [6.45, 7) is 2.33. The van der Waals surface area contributed by atoms with E-state index < -0.39 is 0 Å². The molecule has 2 aliphatic rings. The van der Waals surface area contributed by atoms with E-state index in [-0.39, 0.29) is 8.80 Å². The normalized spacial score (nSPS) is 37.1. The molecular formula is C16H29NSi. The van der Waals surface area contributed by atoms with Crippen LogP contribution in [0.3, 0.4) is 0 Å². The van der Waals surface area contributed by atoms with Crippen molar-refractivity contribution in [1.29, 1.82) is 5.26 Å². The van der Waals surface area contributed by atoms with Crippen molar-refractivity contribution < 1.29 is 0 Å². The van der Waals surface area contributed by atoms with Crippen molar-refractivity contribution in [1.82, 2.24) is 0 Å². The van der Waals surface area contributed by atoms with Crippen LogP contribution in [0.4, 0.5) is 0 Å². The Labute approximate surface area is 115 Å². The summed E-state index contributed by atoms with van der Waals surface area (Å²) in [6, 6.07) is 7.34. The summed E-state index contributed by atoms with van der Waals surface area (Å²) in [5.74, 6) is 2.40. The Kier molecular flexibility index (Phi) is 5.75. The molecule has 0 radical (unpaired) electrons. The van der Waals surface area contributed by atoms with Gasteiger partial charge in [-0.3, -0.25) is 0 Å². The molecule has 0 bridgehead atoms. The molecule has 0 unspecified atom stereocenters. The largest absolute Gasteiger partial charge is 0.198 e. The van der Waals surface area contributed by atoms with Gasteiger partial charge >= 0.3 is 0 Å². The van der Waals surface area contributed by atoms with Crippen LogP contribution in [-0.4, -0.2) is 8.80 Å². The van der Waals surface area contributed by atoms with E-state index >= 15 is 0 Å². The molecule has 1 aliphatic heterocycles. The van der Waals surface area contributed by atoms with Crippen molar-refractivity contribution in [2.24, 2.45) is 17.8 Å². The van der Waals surface area contributed by atoms with Gasteiger partial charge in [0.25, 0.3) is 0 Å². The minimum atomic E-state index is -0.307. The van der Waals surface area contributed by atoms with Gasteiger partial charge in [-0.2, -0.15) is 5.26 Å². The first-order chi connectivity index (χ1) is 8.83. The van der Waals surface area contributed by atoms with Gasteiger partial charge in [-0.1, -0.05) is 50.7 Å². The fraction of sp³-hybridized carbons (Fsp3) is 0.938. The van der Waals surface area contributed by atoms with Gasteiger partial charge in [0.1, 0.15) is 0 Å². The lowest BCUT2D eigenvalue weighted by molar-refractivity contribution is 0.210. The second-order valence-electron chi connectivity index (χ2n) is 6.66. The highest BCUT2D eigenvalue weighted by Gasteiger charge is 2.30. The molecule has 102 valence electrons. The van der Waals surface area contributed by atoms with E-state index in [1.807, 2.05) is 0 Å². The van der Waals surface area contributed by atoms with Crippen molar-refractivity contribution in [3.05, 3.63) is 0 Å². The lowest BCUT2D eigenvalue weighted by atomic mass is 9.74. The van der Waals surface area contributed by atoms with Gasteiger partial charge < -0.3 is 0 Å². The summed E-state index contributed by atoms with van der Waals surface area (Å²) in [5.41, 5.74) is 0. The average Bonchev–Trinajstić information content (AvgIpc) is 2.46. The molecule has 0 aromatic heterocycles. The van der Waals surface area contributed by atoms with E-state index in [1.165, 1.54) is 38.5 Å². The lowest BCUT2D eigenvalue weighted by Gasteiger charge is -2.36. The molecule has 1 heterocycles. The first kappa shape index (κ1) is 14.1. The van der Waals surface area contributed by atoms with E-state index in [0.717, 1.165) is 11.8 Å². The van der Waals surface area contributed by atoms with E-state index in [1.54, 1.807) is 31.0 Å². The third-order valence-electron chi connectivity index (χ3n) is 5.48. The number of hydrogen-bond acceptors (Lipinski definition) is 1. The number of nitriles is 1. The zero-order valence-electron chi connectivity index (χ0n) is 12.0. The van der Waals surface area contributed by atoms with Crippen LogP contribution in [0.1, 0.15) is 58.3 Å². The van der Waals surface area contributed by atoms with Crippen molar-refractivity contribution >= 4 is 8.80 Å². The zero-order valence-corrected chi connectivity index (χ0v) is 13.2. The molecule has 2 rings (SSSR count). The highest BCUT2D eigenvalue weighted by Crippen LogP contribution is 2.40. The molecule has 0 aromatic rings. The maximum atomic E-state index is 8.96. The molecule has 0 aromatic carbocycles. The second kappa shape index (κ2) is 7.33. The third kappa shape index (κ3) is 3.85. The third-order valence-corrected chi connectivity index (χ3v) is 9.00. The zero-order chi connectivity index (χ0) is 12.8. The Balaban J connectivity index is 1.69. The molecule has 1 saturated heterocycles. The molecule has 0 N–H and O–H groups in total. The number of unbranched alkanes of at least 4 members (excludes halogenated alkanes) is 1. The molecule has 2 heteroatoms. The predicted octanol–water partition coefficient (Wildman–Crippen LogP) is 4.75. The summed E-state index contributed by atoms with van der Waals surface area (Å²) < 4.78 is 0. The number of nitrogens with zero attached hydrogens (tertiary/aromatic N) is 1. The Morgan fingerprint density at radius 2 is 1.61 bits per heavy atom. The van der Waals surface area contributed by atoms with E-state index in [9.17, 15) is 0 Å². The maximum Gasteiger partial charge on any atom is 0.0655 e. The SMILES string of the molecule is CCCC[SiH]1CCC(C2CCC(C#N)CC2)CC1. The van der Waals surface area contributed by atoms with Crippen LogP contribution < -0.4 is 0 Å². The molecule has 2 fully saturated rings. The van der Waals surface area contributed by atoms with Crippen molar-refractivity contribution in [3.63, 3.8) is 0 Å². The summed E-state index contributed by atoms with van der Waals surface area (Å²) in [4.78, 5) is 0. The van der Waals surface area contributed by atoms with Crippen molar-refractivity contribution in [2.45, 2.75) is 76.4 Å². The fourth-order valence-corrected chi connectivity index (χ4v) is 7.81.